The predicted octanol–water partition coefficient (Wildman–Crippen LogP) is 4.84. The molecular weight excluding hydrogens is 346 g/mol. The molecule has 1 N–H and O–H groups in total. The van der Waals surface area contributed by atoms with E-state index >= 15 is 0 Å². The van der Waals surface area contributed by atoms with Crippen molar-refractivity contribution in [2.75, 3.05) is 19.0 Å². The number of amides is 1. The number of carbonyl (C=O) groups excluding carboxylic acids is 1. The van der Waals surface area contributed by atoms with Crippen LogP contribution in [0, 0.1) is 0 Å². The minimum atomic E-state index is -0.0836. The zero-order valence-corrected chi connectivity index (χ0v) is 16.1. The molecule has 0 radical (unpaired) electrons. The van der Waals surface area contributed by atoms with Crippen molar-refractivity contribution in [3.8, 4) is 11.5 Å². The van der Waals surface area contributed by atoms with E-state index < -0.39 is 0 Å². The van der Waals surface area contributed by atoms with Gasteiger partial charge in [-0.25, -0.2) is 0 Å². The molecule has 0 bridgehead atoms. The first-order valence-corrected chi connectivity index (χ1v) is 10.1. The number of carbonyl (C=O) groups is 1. The highest BCUT2D eigenvalue weighted by atomic mass is 32.2. The van der Waals surface area contributed by atoms with Crippen LogP contribution in [-0.2, 0) is 0 Å². The highest BCUT2D eigenvalue weighted by molar-refractivity contribution is 7.99. The molecule has 26 heavy (non-hydrogen) atoms. The van der Waals surface area contributed by atoms with Crippen LogP contribution >= 0.6 is 11.8 Å². The molecule has 4 nitrogen and oxygen atoms in total. The summed E-state index contributed by atoms with van der Waals surface area (Å²) in [6.07, 6.45) is 1.86. The van der Waals surface area contributed by atoms with E-state index in [0.29, 0.717) is 30.3 Å². The number of thioether (sulfide) groups is 1. The fourth-order valence-corrected chi connectivity index (χ4v) is 4.11. The van der Waals surface area contributed by atoms with Crippen LogP contribution in [-0.4, -0.2) is 24.9 Å². The largest absolute Gasteiger partial charge is 0.490 e. The molecule has 1 heterocycles. The van der Waals surface area contributed by atoms with Crippen LogP contribution < -0.4 is 14.8 Å². The van der Waals surface area contributed by atoms with E-state index in [2.05, 4.69) is 24.4 Å². The number of nitrogens with one attached hydrogen (secondary N) is 1. The van der Waals surface area contributed by atoms with E-state index in [1.165, 1.54) is 10.5 Å². The van der Waals surface area contributed by atoms with Gasteiger partial charge < -0.3 is 14.8 Å². The summed E-state index contributed by atoms with van der Waals surface area (Å²) < 4.78 is 11.4. The number of hydrogen-bond donors (Lipinski definition) is 1. The van der Waals surface area contributed by atoms with Crippen LogP contribution in [0.2, 0.25) is 0 Å². The smallest absolute Gasteiger partial charge is 0.251 e. The summed E-state index contributed by atoms with van der Waals surface area (Å²) in [6.45, 7) is 5.14. The number of benzene rings is 2. The van der Waals surface area contributed by atoms with Crippen LogP contribution in [0.1, 0.15) is 48.7 Å². The Labute approximate surface area is 159 Å². The number of rotatable bonds is 7. The van der Waals surface area contributed by atoms with Gasteiger partial charge in [-0.3, -0.25) is 4.79 Å². The summed E-state index contributed by atoms with van der Waals surface area (Å²) in [5, 5.41) is 3.17. The highest BCUT2D eigenvalue weighted by Gasteiger charge is 2.23. The van der Waals surface area contributed by atoms with Gasteiger partial charge in [0.05, 0.1) is 19.3 Å². The summed E-state index contributed by atoms with van der Waals surface area (Å²) in [6, 6.07) is 13.7. The van der Waals surface area contributed by atoms with Gasteiger partial charge in [0.15, 0.2) is 11.5 Å². The topological polar surface area (TPSA) is 47.6 Å². The van der Waals surface area contributed by atoms with Crippen LogP contribution in [0.5, 0.6) is 11.5 Å². The van der Waals surface area contributed by atoms with Gasteiger partial charge in [-0.2, -0.15) is 0 Å². The van der Waals surface area contributed by atoms with E-state index in [1.807, 2.05) is 36.9 Å². The van der Waals surface area contributed by atoms with Gasteiger partial charge in [0.1, 0.15) is 0 Å². The summed E-state index contributed by atoms with van der Waals surface area (Å²) in [5.41, 5.74) is 1.79. The van der Waals surface area contributed by atoms with Crippen molar-refractivity contribution in [2.45, 2.75) is 37.6 Å². The maximum atomic E-state index is 12.8. The second-order valence-electron chi connectivity index (χ2n) is 6.14. The van der Waals surface area contributed by atoms with E-state index in [0.717, 1.165) is 18.6 Å². The lowest BCUT2D eigenvalue weighted by molar-refractivity contribution is 0.0934. The summed E-state index contributed by atoms with van der Waals surface area (Å²) >= 11 is 1.85. The second-order valence-corrected chi connectivity index (χ2v) is 7.28. The van der Waals surface area contributed by atoms with Crippen LogP contribution in [0.4, 0.5) is 0 Å². The Morgan fingerprint density at radius 2 is 2.00 bits per heavy atom. The average molecular weight is 372 g/mol. The van der Waals surface area contributed by atoms with E-state index in [4.69, 9.17) is 9.47 Å². The van der Waals surface area contributed by atoms with Crippen molar-refractivity contribution in [3.63, 3.8) is 0 Å². The molecule has 0 fully saturated rings. The maximum Gasteiger partial charge on any atom is 0.251 e. The SMILES string of the molecule is CCCOc1ccc(C(=O)NC2CCSc3ccccc32)cc1OCC. The van der Waals surface area contributed by atoms with Crippen LogP contribution in [0.3, 0.4) is 0 Å². The maximum absolute atomic E-state index is 12.8. The van der Waals surface area contributed by atoms with E-state index in [9.17, 15) is 4.79 Å². The lowest BCUT2D eigenvalue weighted by atomic mass is 10.0. The summed E-state index contributed by atoms with van der Waals surface area (Å²) in [4.78, 5) is 14.0. The quantitative estimate of drug-likeness (QED) is 0.756. The molecular formula is C21H25NO3S. The minimum absolute atomic E-state index is 0.0477. The Morgan fingerprint density at radius 3 is 2.81 bits per heavy atom. The van der Waals surface area contributed by atoms with Crippen LogP contribution in [0.25, 0.3) is 0 Å². The first kappa shape index (κ1) is 18.6. The number of fused-ring (bicyclic) bond motifs is 1. The Hall–Kier alpha value is -2.14. The molecule has 0 saturated carbocycles. The molecule has 3 rings (SSSR count). The minimum Gasteiger partial charge on any atom is -0.490 e. The molecule has 1 amide bonds. The molecule has 2 aromatic carbocycles. The lowest BCUT2D eigenvalue weighted by Gasteiger charge is -2.26. The van der Waals surface area contributed by atoms with Gasteiger partial charge in [0.25, 0.3) is 5.91 Å². The molecule has 1 unspecified atom stereocenters. The second kappa shape index (κ2) is 8.99. The normalized spacial score (nSPS) is 15.8. The lowest BCUT2D eigenvalue weighted by Crippen LogP contribution is -2.30. The molecule has 1 aliphatic rings. The predicted molar refractivity (Wildman–Crippen MR) is 105 cm³/mol. The number of ether oxygens (including phenoxy) is 2. The Kier molecular flexibility index (Phi) is 6.45. The fraction of sp³-hybridized carbons (Fsp3) is 0.381. The molecule has 5 heteroatoms. The van der Waals surface area contributed by atoms with Crippen molar-refractivity contribution < 1.29 is 14.3 Å². The third kappa shape index (κ3) is 4.33. The van der Waals surface area contributed by atoms with Crippen molar-refractivity contribution in [1.82, 2.24) is 5.32 Å². The Bertz CT molecular complexity index is 763. The first-order valence-electron chi connectivity index (χ1n) is 9.15. The van der Waals surface area contributed by atoms with Crippen molar-refractivity contribution in [1.29, 1.82) is 0 Å². The van der Waals surface area contributed by atoms with Gasteiger partial charge in [-0.1, -0.05) is 25.1 Å². The third-order valence-corrected chi connectivity index (χ3v) is 5.35. The molecule has 0 aromatic heterocycles. The van der Waals surface area contributed by atoms with Crippen molar-refractivity contribution >= 4 is 17.7 Å². The standard InChI is InChI=1S/C21H25NO3S/c1-3-12-25-18-10-9-15(14-19(18)24-4-2)21(23)22-17-11-13-26-20-8-6-5-7-16(17)20/h5-10,14,17H,3-4,11-13H2,1-2H3,(H,22,23). The highest BCUT2D eigenvalue weighted by Crippen LogP contribution is 2.36. The first-order chi connectivity index (χ1) is 12.7. The van der Waals surface area contributed by atoms with Crippen molar-refractivity contribution in [2.24, 2.45) is 0 Å². The molecule has 1 aliphatic heterocycles. The zero-order chi connectivity index (χ0) is 18.4. The number of hydrogen-bond acceptors (Lipinski definition) is 4. The molecule has 138 valence electrons. The molecule has 1 atom stereocenters. The third-order valence-electron chi connectivity index (χ3n) is 4.23. The van der Waals surface area contributed by atoms with Gasteiger partial charge in [-0.15, -0.1) is 11.8 Å². The average Bonchev–Trinajstić information content (AvgIpc) is 2.67. The van der Waals surface area contributed by atoms with Gasteiger partial charge in [0.2, 0.25) is 0 Å². The van der Waals surface area contributed by atoms with Gasteiger partial charge in [0, 0.05) is 16.2 Å². The summed E-state index contributed by atoms with van der Waals surface area (Å²) in [7, 11) is 0. The molecule has 0 spiro atoms. The van der Waals surface area contributed by atoms with E-state index in [-0.39, 0.29) is 11.9 Å². The fourth-order valence-electron chi connectivity index (χ4n) is 2.98. The Morgan fingerprint density at radius 1 is 1.15 bits per heavy atom. The van der Waals surface area contributed by atoms with Crippen LogP contribution in [0.15, 0.2) is 47.4 Å². The zero-order valence-electron chi connectivity index (χ0n) is 15.3. The van der Waals surface area contributed by atoms with Gasteiger partial charge in [-0.05, 0) is 49.6 Å². The molecule has 2 aromatic rings. The monoisotopic (exact) mass is 371 g/mol. The Balaban J connectivity index is 1.77. The van der Waals surface area contributed by atoms with Gasteiger partial charge >= 0.3 is 0 Å². The summed E-state index contributed by atoms with van der Waals surface area (Å²) in [5.74, 6) is 2.23. The molecule has 0 aliphatic carbocycles. The molecule has 0 saturated heterocycles. The van der Waals surface area contributed by atoms with E-state index in [1.54, 1.807) is 12.1 Å². The van der Waals surface area contributed by atoms with Crippen molar-refractivity contribution in [3.05, 3.63) is 53.6 Å².